The predicted octanol–water partition coefficient (Wildman–Crippen LogP) is 4.61. The van der Waals surface area contributed by atoms with E-state index in [4.69, 9.17) is 11.6 Å². The Morgan fingerprint density at radius 3 is 3.05 bits per heavy atom. The molecule has 3 rings (SSSR count). The van der Waals surface area contributed by atoms with Crippen LogP contribution in [0.1, 0.15) is 17.6 Å². The van der Waals surface area contributed by atoms with E-state index in [9.17, 15) is 0 Å². The Morgan fingerprint density at radius 2 is 2.35 bits per heavy atom. The Bertz CT molecular complexity index is 738. The van der Waals surface area contributed by atoms with Gasteiger partial charge in [0.2, 0.25) is 0 Å². The minimum Gasteiger partial charge on any atom is -0.377 e. The van der Waals surface area contributed by atoms with E-state index in [-0.39, 0.29) is 0 Å². The van der Waals surface area contributed by atoms with Gasteiger partial charge in [-0.15, -0.1) is 11.3 Å². The van der Waals surface area contributed by atoms with Gasteiger partial charge in [0.05, 0.1) is 22.2 Å². The van der Waals surface area contributed by atoms with Crippen molar-refractivity contribution < 1.29 is 0 Å². The van der Waals surface area contributed by atoms with E-state index in [1.807, 2.05) is 11.4 Å². The van der Waals surface area contributed by atoms with Crippen LogP contribution in [0.15, 0.2) is 22.1 Å². The first-order chi connectivity index (χ1) is 9.69. The summed E-state index contributed by atoms with van der Waals surface area (Å²) in [7, 11) is 0. The van der Waals surface area contributed by atoms with E-state index >= 15 is 0 Å². The van der Waals surface area contributed by atoms with Crippen molar-refractivity contribution in [1.29, 1.82) is 0 Å². The molecule has 0 unspecified atom stereocenters. The zero-order chi connectivity index (χ0) is 14.1. The number of hydrogen-bond donors (Lipinski definition) is 2. The smallest absolute Gasteiger partial charge is 0.132 e. The Morgan fingerprint density at radius 1 is 1.50 bits per heavy atom. The normalized spacial score (nSPS) is 11.2. The Balaban J connectivity index is 2.00. The lowest BCUT2D eigenvalue weighted by atomic mass is 10.3. The first kappa shape index (κ1) is 13.9. The summed E-state index contributed by atoms with van der Waals surface area (Å²) in [5.41, 5.74) is 3.88. The first-order valence-electron chi connectivity index (χ1n) is 6.18. The Kier molecular flexibility index (Phi) is 3.96. The maximum atomic E-state index is 6.11. The highest BCUT2D eigenvalue weighted by Crippen LogP contribution is 2.33. The number of hydrogen-bond acceptors (Lipinski definition) is 4. The van der Waals surface area contributed by atoms with Crippen LogP contribution < -0.4 is 5.32 Å². The molecule has 4 nitrogen and oxygen atoms in total. The van der Waals surface area contributed by atoms with Gasteiger partial charge in [-0.05, 0) is 22.4 Å². The van der Waals surface area contributed by atoms with Gasteiger partial charge in [0.15, 0.2) is 0 Å². The summed E-state index contributed by atoms with van der Waals surface area (Å²) < 4.78 is 0.981. The maximum Gasteiger partial charge on any atom is 0.132 e. The molecule has 0 aliphatic carbocycles. The second-order valence-corrected chi connectivity index (χ2v) is 6.43. The topological polar surface area (TPSA) is 53.6 Å². The fraction of sp³-hybridized carbons (Fsp3) is 0.231. The van der Waals surface area contributed by atoms with Crippen molar-refractivity contribution in [2.24, 2.45) is 0 Å². The number of rotatable bonds is 4. The molecule has 0 aromatic carbocycles. The number of aryl methyl sites for hydroxylation is 1. The fourth-order valence-electron chi connectivity index (χ4n) is 2.04. The van der Waals surface area contributed by atoms with Gasteiger partial charge in [-0.25, -0.2) is 9.97 Å². The van der Waals surface area contributed by atoms with Gasteiger partial charge in [0.25, 0.3) is 0 Å². The average Bonchev–Trinajstić information content (AvgIpc) is 3.05. The highest BCUT2D eigenvalue weighted by atomic mass is 79.9. The van der Waals surface area contributed by atoms with Crippen LogP contribution in [0.4, 0.5) is 5.69 Å². The Hall–Kier alpha value is -1.11. The van der Waals surface area contributed by atoms with Crippen LogP contribution in [-0.4, -0.2) is 15.0 Å². The molecule has 0 atom stereocenters. The number of aromatic amines is 1. The second kappa shape index (κ2) is 5.71. The third-order valence-corrected chi connectivity index (χ3v) is 4.83. The van der Waals surface area contributed by atoms with Gasteiger partial charge in [-0.1, -0.05) is 18.5 Å². The lowest BCUT2D eigenvalue weighted by molar-refractivity contribution is 1.06. The molecule has 3 heterocycles. The maximum absolute atomic E-state index is 6.11. The summed E-state index contributed by atoms with van der Waals surface area (Å²) >= 11 is 11.3. The van der Waals surface area contributed by atoms with Crippen LogP contribution in [0, 0.1) is 0 Å². The molecule has 2 N–H and O–H groups in total. The molecule has 7 heteroatoms. The highest BCUT2D eigenvalue weighted by molar-refractivity contribution is 9.10. The molecule has 0 aliphatic heterocycles. The lowest BCUT2D eigenvalue weighted by Gasteiger charge is -2.06. The van der Waals surface area contributed by atoms with E-state index in [2.05, 4.69) is 43.1 Å². The van der Waals surface area contributed by atoms with Crippen molar-refractivity contribution in [1.82, 2.24) is 15.0 Å². The van der Waals surface area contributed by atoms with Crippen LogP contribution in [-0.2, 0) is 13.0 Å². The van der Waals surface area contributed by atoms with Crippen molar-refractivity contribution in [2.75, 3.05) is 5.32 Å². The monoisotopic (exact) mass is 370 g/mol. The van der Waals surface area contributed by atoms with E-state index in [1.165, 1.54) is 0 Å². The molecule has 3 aromatic rings. The van der Waals surface area contributed by atoms with E-state index in [1.54, 1.807) is 17.5 Å². The van der Waals surface area contributed by atoms with Crippen molar-refractivity contribution >= 4 is 55.6 Å². The van der Waals surface area contributed by atoms with E-state index in [0.29, 0.717) is 11.7 Å². The Labute approximate surface area is 133 Å². The molecule has 0 aliphatic rings. The number of nitrogens with one attached hydrogen (secondary N) is 2. The molecular formula is C13H12BrClN4S. The number of halogens is 2. The molecule has 20 heavy (non-hydrogen) atoms. The quantitative estimate of drug-likeness (QED) is 0.658. The number of fused-ring (bicyclic) bond motifs is 1. The molecule has 3 aromatic heterocycles. The van der Waals surface area contributed by atoms with Crippen molar-refractivity contribution in [3.05, 3.63) is 38.0 Å². The van der Waals surface area contributed by atoms with Gasteiger partial charge >= 0.3 is 0 Å². The molecule has 0 saturated heterocycles. The van der Waals surface area contributed by atoms with Crippen LogP contribution in [0.2, 0.25) is 5.15 Å². The SMILES string of the molecule is CCc1[nH]c2c(NCc3nccs3)cc(Cl)nc2c1Br. The summed E-state index contributed by atoms with van der Waals surface area (Å²) in [6.45, 7) is 2.77. The predicted molar refractivity (Wildman–Crippen MR) is 87.6 cm³/mol. The van der Waals surface area contributed by atoms with Crippen molar-refractivity contribution in [3.63, 3.8) is 0 Å². The number of nitrogens with zero attached hydrogens (tertiary/aromatic N) is 2. The molecule has 0 fully saturated rings. The lowest BCUT2D eigenvalue weighted by Crippen LogP contribution is -2.00. The summed E-state index contributed by atoms with van der Waals surface area (Å²) in [5.74, 6) is 0. The average molecular weight is 372 g/mol. The van der Waals surface area contributed by atoms with Crippen molar-refractivity contribution in [2.45, 2.75) is 19.9 Å². The standard InChI is InChI=1S/C13H12BrClN4S/c1-2-7-11(14)13-12(18-7)8(5-9(15)19-13)17-6-10-16-3-4-20-10/h3-5,18H,2,6H2,1H3,(H,17,19). The van der Waals surface area contributed by atoms with Gasteiger partial charge < -0.3 is 10.3 Å². The largest absolute Gasteiger partial charge is 0.377 e. The molecule has 0 spiro atoms. The number of aromatic nitrogens is 3. The minimum absolute atomic E-state index is 0.474. The summed E-state index contributed by atoms with van der Waals surface area (Å²) in [6.07, 6.45) is 2.71. The summed E-state index contributed by atoms with van der Waals surface area (Å²) in [5, 5.41) is 6.84. The molecule has 0 radical (unpaired) electrons. The molecule has 0 bridgehead atoms. The number of anilines is 1. The zero-order valence-corrected chi connectivity index (χ0v) is 13.9. The van der Waals surface area contributed by atoms with Gasteiger partial charge in [-0.3, -0.25) is 0 Å². The third-order valence-electron chi connectivity index (χ3n) is 3.00. The third kappa shape index (κ3) is 2.55. The molecule has 0 amide bonds. The fourth-order valence-corrected chi connectivity index (χ4v) is 3.46. The second-order valence-electron chi connectivity index (χ2n) is 4.27. The minimum atomic E-state index is 0.474. The molecule has 0 saturated carbocycles. The summed E-state index contributed by atoms with van der Waals surface area (Å²) in [4.78, 5) is 12.0. The summed E-state index contributed by atoms with van der Waals surface area (Å²) in [6, 6.07) is 1.83. The van der Waals surface area contributed by atoms with Gasteiger partial charge in [-0.2, -0.15) is 0 Å². The highest BCUT2D eigenvalue weighted by Gasteiger charge is 2.14. The van der Waals surface area contributed by atoms with E-state index < -0.39 is 0 Å². The zero-order valence-electron chi connectivity index (χ0n) is 10.7. The van der Waals surface area contributed by atoms with Gasteiger partial charge in [0, 0.05) is 23.3 Å². The van der Waals surface area contributed by atoms with Crippen LogP contribution in [0.25, 0.3) is 11.0 Å². The van der Waals surface area contributed by atoms with Crippen LogP contribution in [0.5, 0.6) is 0 Å². The van der Waals surface area contributed by atoms with Gasteiger partial charge in [0.1, 0.15) is 15.7 Å². The van der Waals surface area contributed by atoms with Crippen molar-refractivity contribution in [3.8, 4) is 0 Å². The number of thiazole rings is 1. The van der Waals surface area contributed by atoms with E-state index in [0.717, 1.165) is 38.3 Å². The molecule has 104 valence electrons. The first-order valence-corrected chi connectivity index (χ1v) is 8.23. The van der Waals surface area contributed by atoms with Crippen LogP contribution in [0.3, 0.4) is 0 Å². The number of H-pyrrole nitrogens is 1. The number of pyridine rings is 1. The molecular weight excluding hydrogens is 360 g/mol. The van der Waals surface area contributed by atoms with Crippen LogP contribution >= 0.6 is 38.9 Å².